The van der Waals surface area contributed by atoms with Gasteiger partial charge in [0, 0.05) is 6.04 Å². The van der Waals surface area contributed by atoms with E-state index in [1.165, 1.54) is 0 Å². The van der Waals surface area contributed by atoms with Crippen LogP contribution in [0.15, 0.2) is 0 Å². The average Bonchev–Trinajstić information content (AvgIpc) is 1.82. The number of hydrogen-bond acceptors (Lipinski definition) is 3. The maximum absolute atomic E-state index is 10.1. The van der Waals surface area contributed by atoms with Crippen LogP contribution in [0.2, 0.25) is 0 Å². The highest BCUT2D eigenvalue weighted by Crippen LogP contribution is 1.88. The van der Waals surface area contributed by atoms with Crippen LogP contribution >= 0.6 is 0 Å². The fourth-order valence-corrected chi connectivity index (χ4v) is 1.41. The van der Waals surface area contributed by atoms with Gasteiger partial charge in [0.1, 0.15) is 10.7 Å². The SMILES string of the molecule is CCC(C[SH](=O)=O)NC. The zero-order valence-corrected chi connectivity index (χ0v) is 6.65. The van der Waals surface area contributed by atoms with Crippen LogP contribution in [0.5, 0.6) is 0 Å². The lowest BCUT2D eigenvalue weighted by atomic mass is 10.3. The van der Waals surface area contributed by atoms with E-state index in [0.717, 1.165) is 6.42 Å². The van der Waals surface area contributed by atoms with Crippen molar-refractivity contribution >= 4 is 10.7 Å². The van der Waals surface area contributed by atoms with Crippen LogP contribution in [0.1, 0.15) is 13.3 Å². The number of rotatable bonds is 4. The zero-order chi connectivity index (χ0) is 7.28. The second-order valence-electron chi connectivity index (χ2n) is 1.91. The Morgan fingerprint density at radius 2 is 2.11 bits per heavy atom. The van der Waals surface area contributed by atoms with E-state index in [-0.39, 0.29) is 11.8 Å². The molecule has 0 bridgehead atoms. The van der Waals surface area contributed by atoms with E-state index < -0.39 is 10.7 Å². The largest absolute Gasteiger partial charge is 0.316 e. The molecule has 9 heavy (non-hydrogen) atoms. The van der Waals surface area contributed by atoms with E-state index in [9.17, 15) is 8.42 Å². The molecule has 0 aromatic heterocycles. The third-order valence-corrected chi connectivity index (χ3v) is 2.01. The first-order chi connectivity index (χ1) is 4.20. The third-order valence-electron chi connectivity index (χ3n) is 1.27. The summed E-state index contributed by atoms with van der Waals surface area (Å²) in [5, 5.41) is 2.90. The lowest BCUT2D eigenvalue weighted by molar-refractivity contribution is 0.568. The van der Waals surface area contributed by atoms with Crippen LogP contribution in [0, 0.1) is 0 Å². The first kappa shape index (κ1) is 8.91. The quantitative estimate of drug-likeness (QED) is 0.537. The second-order valence-corrected chi connectivity index (χ2v) is 2.94. The highest BCUT2D eigenvalue weighted by atomic mass is 32.2. The van der Waals surface area contributed by atoms with Gasteiger partial charge >= 0.3 is 0 Å². The molecule has 0 fully saturated rings. The standard InChI is InChI=1S/C5H13NO2S/c1-3-5(6-2)4-9(7)8/h5-6,9H,3-4H2,1-2H3. The third kappa shape index (κ3) is 4.42. The Labute approximate surface area is 57.4 Å². The van der Waals surface area contributed by atoms with Gasteiger partial charge in [0.05, 0.1) is 5.75 Å². The summed E-state index contributed by atoms with van der Waals surface area (Å²) in [5.74, 6) is 0.252. The summed E-state index contributed by atoms with van der Waals surface area (Å²) in [6.07, 6.45) is 0.861. The highest BCUT2D eigenvalue weighted by Gasteiger charge is 2.01. The molecule has 0 aliphatic rings. The van der Waals surface area contributed by atoms with Crippen molar-refractivity contribution in [1.29, 1.82) is 0 Å². The monoisotopic (exact) mass is 151 g/mol. The summed E-state index contributed by atoms with van der Waals surface area (Å²) in [4.78, 5) is 0. The molecule has 0 aliphatic heterocycles. The van der Waals surface area contributed by atoms with Crippen LogP contribution in [0.4, 0.5) is 0 Å². The van der Waals surface area contributed by atoms with E-state index in [4.69, 9.17) is 0 Å². The van der Waals surface area contributed by atoms with Gasteiger partial charge in [-0.25, -0.2) is 8.42 Å². The summed E-state index contributed by atoms with van der Waals surface area (Å²) in [5.41, 5.74) is 0. The zero-order valence-electron chi connectivity index (χ0n) is 5.76. The van der Waals surface area contributed by atoms with Crippen molar-refractivity contribution in [2.45, 2.75) is 19.4 Å². The first-order valence-electron chi connectivity index (χ1n) is 2.99. The molecule has 0 saturated carbocycles. The molecule has 0 amide bonds. The fourth-order valence-electron chi connectivity index (χ4n) is 0.604. The van der Waals surface area contributed by atoms with Crippen molar-refractivity contribution < 1.29 is 8.42 Å². The van der Waals surface area contributed by atoms with Gasteiger partial charge in [0.15, 0.2) is 0 Å². The van der Waals surface area contributed by atoms with Crippen molar-refractivity contribution in [3.63, 3.8) is 0 Å². The minimum Gasteiger partial charge on any atom is -0.316 e. The van der Waals surface area contributed by atoms with Crippen LogP contribution in [0.3, 0.4) is 0 Å². The molecule has 0 radical (unpaired) electrons. The van der Waals surface area contributed by atoms with Gasteiger partial charge in [-0.2, -0.15) is 0 Å². The van der Waals surface area contributed by atoms with Crippen molar-refractivity contribution in [3.8, 4) is 0 Å². The fraction of sp³-hybridized carbons (Fsp3) is 1.00. The maximum atomic E-state index is 10.1. The Hall–Kier alpha value is -0.0900. The lowest BCUT2D eigenvalue weighted by Crippen LogP contribution is -2.28. The summed E-state index contributed by atoms with van der Waals surface area (Å²) in [7, 11) is -0.443. The van der Waals surface area contributed by atoms with Crippen molar-refractivity contribution in [3.05, 3.63) is 0 Å². The Balaban J connectivity index is 3.55. The summed E-state index contributed by atoms with van der Waals surface area (Å²) >= 11 is 0. The smallest absolute Gasteiger partial charge is 0.141 e. The van der Waals surface area contributed by atoms with E-state index >= 15 is 0 Å². The molecule has 3 nitrogen and oxygen atoms in total. The summed E-state index contributed by atoms with van der Waals surface area (Å²) in [6, 6.07) is 0.131. The molecule has 0 rings (SSSR count). The van der Waals surface area contributed by atoms with Gasteiger partial charge in [-0.1, -0.05) is 6.92 Å². The second kappa shape index (κ2) is 4.76. The number of hydrogen-bond donors (Lipinski definition) is 2. The number of nitrogens with one attached hydrogen (secondary N) is 1. The van der Waals surface area contributed by atoms with Crippen molar-refractivity contribution in [2.24, 2.45) is 0 Å². The Bertz CT molecular complexity index is 121. The molecule has 0 aromatic rings. The van der Waals surface area contributed by atoms with Gasteiger partial charge in [-0.3, -0.25) is 0 Å². The molecular weight excluding hydrogens is 138 g/mol. The Kier molecular flexibility index (Phi) is 4.71. The molecule has 0 saturated heterocycles. The number of thiol groups is 1. The van der Waals surface area contributed by atoms with Gasteiger partial charge in [0.25, 0.3) is 0 Å². The molecule has 1 unspecified atom stereocenters. The predicted octanol–water partition coefficient (Wildman–Crippen LogP) is -0.404. The van der Waals surface area contributed by atoms with Gasteiger partial charge in [0.2, 0.25) is 0 Å². The molecule has 0 spiro atoms. The summed E-state index contributed by atoms with van der Waals surface area (Å²) in [6.45, 7) is 1.96. The minimum atomic E-state index is -2.21. The van der Waals surface area contributed by atoms with Gasteiger partial charge < -0.3 is 5.32 Å². The van der Waals surface area contributed by atoms with Gasteiger partial charge in [-0.05, 0) is 13.5 Å². The molecule has 1 N–H and O–H groups in total. The molecule has 4 heteroatoms. The van der Waals surface area contributed by atoms with E-state index in [0.29, 0.717) is 0 Å². The van der Waals surface area contributed by atoms with Crippen LogP contribution in [-0.2, 0) is 10.7 Å². The predicted molar refractivity (Wildman–Crippen MR) is 38.3 cm³/mol. The van der Waals surface area contributed by atoms with Crippen molar-refractivity contribution in [1.82, 2.24) is 5.32 Å². The van der Waals surface area contributed by atoms with E-state index in [1.807, 2.05) is 6.92 Å². The van der Waals surface area contributed by atoms with Crippen LogP contribution in [-0.4, -0.2) is 27.3 Å². The average molecular weight is 151 g/mol. The van der Waals surface area contributed by atoms with Crippen molar-refractivity contribution in [2.75, 3.05) is 12.8 Å². The molecule has 1 atom stereocenters. The Morgan fingerprint density at radius 3 is 2.22 bits per heavy atom. The van der Waals surface area contributed by atoms with Crippen LogP contribution < -0.4 is 5.32 Å². The van der Waals surface area contributed by atoms with Gasteiger partial charge in [-0.15, -0.1) is 0 Å². The van der Waals surface area contributed by atoms with E-state index in [1.54, 1.807) is 7.05 Å². The normalized spacial score (nSPS) is 14.1. The van der Waals surface area contributed by atoms with Crippen LogP contribution in [0.25, 0.3) is 0 Å². The molecule has 0 aromatic carbocycles. The summed E-state index contributed by atoms with van der Waals surface area (Å²) < 4.78 is 20.2. The molecule has 0 heterocycles. The lowest BCUT2D eigenvalue weighted by Gasteiger charge is -2.07. The minimum absolute atomic E-state index is 0.131. The molecular formula is C5H13NO2S. The highest BCUT2D eigenvalue weighted by molar-refractivity contribution is 7.72. The first-order valence-corrected chi connectivity index (χ1v) is 4.36. The Morgan fingerprint density at radius 1 is 1.56 bits per heavy atom. The molecule has 0 aliphatic carbocycles. The topological polar surface area (TPSA) is 46.2 Å². The maximum Gasteiger partial charge on any atom is 0.141 e. The van der Waals surface area contributed by atoms with E-state index in [2.05, 4.69) is 5.32 Å². The molecule has 56 valence electrons.